The first-order valence-corrected chi connectivity index (χ1v) is 11.7. The normalized spacial score (nSPS) is 16.8. The second-order valence-corrected chi connectivity index (χ2v) is 8.71. The van der Waals surface area contributed by atoms with Crippen molar-refractivity contribution in [2.24, 2.45) is 5.92 Å². The molecule has 3 aromatic rings. The first kappa shape index (κ1) is 25.9. The maximum absolute atomic E-state index is 14.4. The molecule has 0 aliphatic carbocycles. The van der Waals surface area contributed by atoms with Crippen LogP contribution in [0.25, 0.3) is 0 Å². The number of hydrogen-bond acceptors (Lipinski definition) is 5. The van der Waals surface area contributed by atoms with Crippen LogP contribution < -0.4 is 19.5 Å². The number of carbonyl (C=O) groups excluding carboxylic acids is 2. The Morgan fingerprint density at radius 1 is 0.919 bits per heavy atom. The topological polar surface area (TPSA) is 77.1 Å². The average molecular weight is 511 g/mol. The molecule has 0 aromatic heterocycles. The number of hydrogen-bond donors (Lipinski definition) is 1. The fourth-order valence-electron chi connectivity index (χ4n) is 4.62. The number of nitrogens with one attached hydrogen (secondary N) is 1. The molecule has 2 atom stereocenters. The van der Waals surface area contributed by atoms with Gasteiger partial charge in [0, 0.05) is 25.6 Å². The summed E-state index contributed by atoms with van der Waals surface area (Å²) in [6, 6.07) is 15.1. The van der Waals surface area contributed by atoms with Crippen molar-refractivity contribution in [3.8, 4) is 17.2 Å². The Bertz CT molecular complexity index is 1260. The molecule has 0 spiro atoms. The quantitative estimate of drug-likeness (QED) is 0.493. The zero-order chi connectivity index (χ0) is 26.5. The Morgan fingerprint density at radius 3 is 2.16 bits per heavy atom. The summed E-state index contributed by atoms with van der Waals surface area (Å²) in [4.78, 5) is 28.1. The van der Waals surface area contributed by atoms with E-state index in [0.29, 0.717) is 22.8 Å². The summed E-state index contributed by atoms with van der Waals surface area (Å²) in [7, 11) is 4.49. The van der Waals surface area contributed by atoms with Crippen LogP contribution in [0.15, 0.2) is 60.7 Å². The summed E-state index contributed by atoms with van der Waals surface area (Å²) in [5.41, 5.74) is 1.38. The molecule has 1 aliphatic heterocycles. The van der Waals surface area contributed by atoms with Gasteiger partial charge in [0.2, 0.25) is 11.7 Å². The highest BCUT2D eigenvalue weighted by Crippen LogP contribution is 2.43. The summed E-state index contributed by atoms with van der Waals surface area (Å²) in [5, 5.41) is 2.89. The lowest BCUT2D eigenvalue weighted by Crippen LogP contribution is -2.35. The van der Waals surface area contributed by atoms with Crippen LogP contribution in [0.1, 0.15) is 27.4 Å². The van der Waals surface area contributed by atoms with Crippen molar-refractivity contribution in [3.05, 3.63) is 89.0 Å². The SMILES string of the molecule is COc1cc([C@H]2CN(C(=O)c3ccccc3F)C[C@@H]2C(=O)NCc2ccc(F)cc2)cc(OC)c1OC. The summed E-state index contributed by atoms with van der Waals surface area (Å²) in [6.45, 7) is 0.461. The van der Waals surface area contributed by atoms with Crippen LogP contribution in [0.3, 0.4) is 0 Å². The zero-order valence-electron chi connectivity index (χ0n) is 20.8. The van der Waals surface area contributed by atoms with E-state index in [-0.39, 0.29) is 36.9 Å². The summed E-state index contributed by atoms with van der Waals surface area (Å²) >= 11 is 0. The van der Waals surface area contributed by atoms with E-state index in [9.17, 15) is 18.4 Å². The highest BCUT2D eigenvalue weighted by Gasteiger charge is 2.41. The van der Waals surface area contributed by atoms with E-state index in [4.69, 9.17) is 14.2 Å². The molecule has 9 heteroatoms. The molecule has 0 bridgehead atoms. The highest BCUT2D eigenvalue weighted by molar-refractivity contribution is 5.95. The average Bonchev–Trinajstić information content (AvgIpc) is 3.37. The lowest BCUT2D eigenvalue weighted by Gasteiger charge is -2.21. The van der Waals surface area contributed by atoms with Crippen molar-refractivity contribution < 1.29 is 32.6 Å². The maximum atomic E-state index is 14.4. The van der Waals surface area contributed by atoms with E-state index in [1.54, 1.807) is 30.3 Å². The number of carbonyl (C=O) groups is 2. The van der Waals surface area contributed by atoms with Crippen LogP contribution in [-0.2, 0) is 11.3 Å². The van der Waals surface area contributed by atoms with E-state index in [1.165, 1.54) is 56.6 Å². The Hall–Kier alpha value is -4.14. The molecule has 37 heavy (non-hydrogen) atoms. The van der Waals surface area contributed by atoms with E-state index in [2.05, 4.69) is 5.32 Å². The minimum Gasteiger partial charge on any atom is -0.493 e. The summed E-state index contributed by atoms with van der Waals surface area (Å²) in [6.07, 6.45) is 0. The van der Waals surface area contributed by atoms with Crippen molar-refractivity contribution in [3.63, 3.8) is 0 Å². The number of benzene rings is 3. The lowest BCUT2D eigenvalue weighted by atomic mass is 9.87. The monoisotopic (exact) mass is 510 g/mol. The Kier molecular flexibility index (Phi) is 7.91. The van der Waals surface area contributed by atoms with E-state index in [0.717, 1.165) is 5.56 Å². The van der Waals surface area contributed by atoms with Crippen molar-refractivity contribution in [2.45, 2.75) is 12.5 Å². The third kappa shape index (κ3) is 5.50. The Morgan fingerprint density at radius 2 is 1.57 bits per heavy atom. The molecule has 1 fully saturated rings. The van der Waals surface area contributed by atoms with Crippen LogP contribution in [0.4, 0.5) is 8.78 Å². The minimum atomic E-state index is -0.640. The molecule has 7 nitrogen and oxygen atoms in total. The van der Waals surface area contributed by atoms with Gasteiger partial charge in [-0.2, -0.15) is 0 Å². The van der Waals surface area contributed by atoms with Gasteiger partial charge in [0.05, 0.1) is 32.8 Å². The fourth-order valence-corrected chi connectivity index (χ4v) is 4.62. The molecule has 1 heterocycles. The first-order chi connectivity index (χ1) is 17.9. The van der Waals surface area contributed by atoms with Gasteiger partial charge in [-0.25, -0.2) is 8.78 Å². The molecular weight excluding hydrogens is 482 g/mol. The molecule has 2 amide bonds. The predicted molar refractivity (Wildman–Crippen MR) is 133 cm³/mol. The van der Waals surface area contributed by atoms with E-state index < -0.39 is 23.6 Å². The molecule has 1 aliphatic rings. The summed E-state index contributed by atoms with van der Waals surface area (Å²) < 4.78 is 44.0. The van der Waals surface area contributed by atoms with Gasteiger partial charge in [0.1, 0.15) is 11.6 Å². The molecule has 0 radical (unpaired) electrons. The molecule has 1 N–H and O–H groups in total. The number of methoxy groups -OCH3 is 3. The number of likely N-dealkylation sites (tertiary alicyclic amines) is 1. The Balaban J connectivity index is 1.65. The van der Waals surface area contributed by atoms with Crippen LogP contribution in [0, 0.1) is 17.6 Å². The third-order valence-corrected chi connectivity index (χ3v) is 6.54. The van der Waals surface area contributed by atoms with E-state index in [1.807, 2.05) is 0 Å². The molecule has 3 aromatic carbocycles. The van der Waals surface area contributed by atoms with Crippen LogP contribution >= 0.6 is 0 Å². The smallest absolute Gasteiger partial charge is 0.256 e. The Labute approximate surface area is 213 Å². The van der Waals surface area contributed by atoms with Crippen LogP contribution in [0.5, 0.6) is 17.2 Å². The molecule has 0 saturated carbocycles. The standard InChI is InChI=1S/C28H28F2N2O5/c1-35-24-12-18(13-25(36-2)26(24)37-3)21-15-32(28(34)20-6-4-5-7-23(20)30)16-22(21)27(33)31-14-17-8-10-19(29)11-9-17/h4-13,21-22H,14-16H2,1-3H3,(H,31,33)/t21-,22+/m1/s1. The number of halogens is 2. The molecule has 194 valence electrons. The van der Waals surface area contributed by atoms with Crippen molar-refractivity contribution in [2.75, 3.05) is 34.4 Å². The van der Waals surface area contributed by atoms with Gasteiger partial charge in [0.25, 0.3) is 5.91 Å². The first-order valence-electron chi connectivity index (χ1n) is 11.7. The highest BCUT2D eigenvalue weighted by atomic mass is 19.1. The van der Waals surface area contributed by atoms with Crippen LogP contribution in [0.2, 0.25) is 0 Å². The molecule has 0 unspecified atom stereocenters. The number of amides is 2. The van der Waals surface area contributed by atoms with Gasteiger partial charge in [0.15, 0.2) is 11.5 Å². The van der Waals surface area contributed by atoms with Gasteiger partial charge in [-0.05, 0) is 47.5 Å². The fraction of sp³-hybridized carbons (Fsp3) is 0.286. The number of ether oxygens (including phenoxy) is 3. The van der Waals surface area contributed by atoms with Crippen molar-refractivity contribution in [1.29, 1.82) is 0 Å². The van der Waals surface area contributed by atoms with Crippen LogP contribution in [-0.4, -0.2) is 51.1 Å². The van der Waals surface area contributed by atoms with Gasteiger partial charge < -0.3 is 24.4 Å². The zero-order valence-corrected chi connectivity index (χ0v) is 20.8. The van der Waals surface area contributed by atoms with Crippen molar-refractivity contribution in [1.82, 2.24) is 10.2 Å². The lowest BCUT2D eigenvalue weighted by molar-refractivity contribution is -0.125. The maximum Gasteiger partial charge on any atom is 0.256 e. The summed E-state index contributed by atoms with van der Waals surface area (Å²) in [5.74, 6) is -1.60. The number of nitrogens with zero attached hydrogens (tertiary/aromatic N) is 1. The van der Waals surface area contributed by atoms with Gasteiger partial charge in [-0.1, -0.05) is 24.3 Å². The number of rotatable bonds is 8. The second kappa shape index (κ2) is 11.3. The molecule has 4 rings (SSSR count). The largest absolute Gasteiger partial charge is 0.493 e. The molecular formula is C28H28F2N2O5. The molecule has 1 saturated heterocycles. The minimum absolute atomic E-state index is 0.0569. The van der Waals surface area contributed by atoms with Gasteiger partial charge >= 0.3 is 0 Å². The van der Waals surface area contributed by atoms with Gasteiger partial charge in [-0.3, -0.25) is 9.59 Å². The predicted octanol–water partition coefficient (Wildman–Crippen LogP) is 4.16. The van der Waals surface area contributed by atoms with E-state index >= 15 is 0 Å². The van der Waals surface area contributed by atoms with Gasteiger partial charge in [-0.15, -0.1) is 0 Å². The van der Waals surface area contributed by atoms with Crippen molar-refractivity contribution >= 4 is 11.8 Å². The second-order valence-electron chi connectivity index (χ2n) is 8.71. The third-order valence-electron chi connectivity index (χ3n) is 6.54.